The molecule has 1 aromatic heterocycles. The number of aromatic nitrogens is 2. The van der Waals surface area contributed by atoms with Gasteiger partial charge in [-0.3, -0.25) is 4.79 Å². The van der Waals surface area contributed by atoms with E-state index in [1.54, 1.807) is 0 Å². The summed E-state index contributed by atoms with van der Waals surface area (Å²) in [5.74, 6) is 1.41. The van der Waals surface area contributed by atoms with Crippen LogP contribution in [0.4, 0.5) is 5.82 Å². The summed E-state index contributed by atoms with van der Waals surface area (Å²) in [6, 6.07) is 1.50. The number of nitrogens with one attached hydrogen (secondary N) is 1. The van der Waals surface area contributed by atoms with Crippen LogP contribution in [0, 0.1) is 6.92 Å². The van der Waals surface area contributed by atoms with Crippen LogP contribution in [0.25, 0.3) is 0 Å². The molecule has 1 aromatic rings. The van der Waals surface area contributed by atoms with Crippen LogP contribution < -0.4 is 10.2 Å². The lowest BCUT2D eigenvalue weighted by Crippen LogP contribution is -2.54. The Bertz CT molecular complexity index is 463. The smallest absolute Gasteiger partial charge is 0.245 e. The quantitative estimate of drug-likeness (QED) is 0.835. The van der Waals surface area contributed by atoms with Crippen molar-refractivity contribution in [3.8, 4) is 0 Å². The van der Waals surface area contributed by atoms with E-state index >= 15 is 0 Å². The molecule has 20 heavy (non-hydrogen) atoms. The highest BCUT2D eigenvalue weighted by molar-refractivity contribution is 9.10. The molecule has 1 aliphatic rings. The third kappa shape index (κ3) is 3.67. The van der Waals surface area contributed by atoms with Crippen LogP contribution in [0.2, 0.25) is 0 Å². The number of nitrogens with zero attached hydrogens (tertiary/aromatic N) is 3. The van der Waals surface area contributed by atoms with Crippen molar-refractivity contribution < 1.29 is 9.53 Å². The molecule has 0 bridgehead atoms. The summed E-state index contributed by atoms with van der Waals surface area (Å²) in [5.41, 5.74) is 0. The third-order valence-electron chi connectivity index (χ3n) is 3.07. The number of carbonyl (C=O) groups is 1. The Balaban J connectivity index is 2.19. The van der Waals surface area contributed by atoms with E-state index in [1.807, 2.05) is 24.8 Å². The van der Waals surface area contributed by atoms with Gasteiger partial charge in [-0.2, -0.15) is 0 Å². The molecule has 1 saturated heterocycles. The largest absolute Gasteiger partial charge is 0.377 e. The number of rotatable bonds is 4. The number of anilines is 1. The van der Waals surface area contributed by atoms with Crippen molar-refractivity contribution >= 4 is 27.7 Å². The lowest BCUT2D eigenvalue weighted by molar-refractivity contribution is -0.124. The minimum absolute atomic E-state index is 0.0149. The second-order valence-electron chi connectivity index (χ2n) is 4.67. The first kappa shape index (κ1) is 15.2. The Kier molecular flexibility index (Phi) is 5.31. The highest BCUT2D eigenvalue weighted by Gasteiger charge is 2.30. The van der Waals surface area contributed by atoms with E-state index in [4.69, 9.17) is 4.74 Å². The van der Waals surface area contributed by atoms with Gasteiger partial charge in [0.15, 0.2) is 0 Å². The monoisotopic (exact) mass is 342 g/mol. The molecule has 1 aliphatic heterocycles. The van der Waals surface area contributed by atoms with E-state index in [9.17, 15) is 4.79 Å². The van der Waals surface area contributed by atoms with Crippen LogP contribution >= 0.6 is 15.9 Å². The van der Waals surface area contributed by atoms with Gasteiger partial charge in [-0.1, -0.05) is 6.92 Å². The van der Waals surface area contributed by atoms with E-state index in [0.29, 0.717) is 32.1 Å². The van der Waals surface area contributed by atoms with Gasteiger partial charge < -0.3 is 15.0 Å². The molecule has 1 amide bonds. The Hall–Kier alpha value is -1.21. The first-order valence-corrected chi connectivity index (χ1v) is 7.54. The molecule has 1 atom stereocenters. The Morgan fingerprint density at radius 3 is 3.10 bits per heavy atom. The van der Waals surface area contributed by atoms with Crippen LogP contribution in [0.3, 0.4) is 0 Å². The third-order valence-corrected chi connectivity index (χ3v) is 3.47. The first-order chi connectivity index (χ1) is 9.61. The fourth-order valence-corrected chi connectivity index (χ4v) is 2.59. The Morgan fingerprint density at radius 1 is 1.60 bits per heavy atom. The van der Waals surface area contributed by atoms with Gasteiger partial charge in [0.1, 0.15) is 22.3 Å². The van der Waals surface area contributed by atoms with Gasteiger partial charge >= 0.3 is 0 Å². The van der Waals surface area contributed by atoms with Gasteiger partial charge in [0.25, 0.3) is 0 Å². The Morgan fingerprint density at radius 2 is 2.40 bits per heavy atom. The second-order valence-corrected chi connectivity index (χ2v) is 5.48. The van der Waals surface area contributed by atoms with Gasteiger partial charge in [0.2, 0.25) is 5.91 Å². The van der Waals surface area contributed by atoms with Gasteiger partial charge in [0, 0.05) is 19.2 Å². The maximum absolute atomic E-state index is 12.2. The molecule has 0 aliphatic carbocycles. The summed E-state index contributed by atoms with van der Waals surface area (Å²) in [7, 11) is 0. The average Bonchev–Trinajstić information content (AvgIpc) is 2.43. The molecule has 1 unspecified atom stereocenters. The summed E-state index contributed by atoms with van der Waals surface area (Å²) < 4.78 is 6.16. The van der Waals surface area contributed by atoms with Crippen LogP contribution in [0.1, 0.15) is 19.2 Å². The molecule has 0 saturated carbocycles. The fourth-order valence-electron chi connectivity index (χ4n) is 2.12. The number of morpholine rings is 1. The molecule has 0 radical (unpaired) electrons. The van der Waals surface area contributed by atoms with E-state index in [2.05, 4.69) is 31.2 Å². The van der Waals surface area contributed by atoms with Crippen molar-refractivity contribution in [2.24, 2.45) is 0 Å². The van der Waals surface area contributed by atoms with Crippen LogP contribution in [0.15, 0.2) is 10.7 Å². The standard InChI is InChI=1S/C13H19BrN4O2/c1-3-4-15-13(19)10-8-20-6-5-18(10)12-7-11(14)16-9(2)17-12/h7,10H,3-6,8H2,1-2H3,(H,15,19). The second kappa shape index (κ2) is 6.99. The molecule has 0 aromatic carbocycles. The lowest BCUT2D eigenvalue weighted by Gasteiger charge is -2.35. The summed E-state index contributed by atoms with van der Waals surface area (Å²) >= 11 is 3.37. The lowest BCUT2D eigenvalue weighted by atomic mass is 10.2. The normalized spacial score (nSPS) is 18.9. The van der Waals surface area contributed by atoms with E-state index in [1.165, 1.54) is 0 Å². The van der Waals surface area contributed by atoms with Gasteiger partial charge in [-0.15, -0.1) is 0 Å². The number of ether oxygens (including phenoxy) is 1. The summed E-state index contributed by atoms with van der Waals surface area (Å²) in [5, 5.41) is 2.92. The van der Waals surface area contributed by atoms with Crippen molar-refractivity contribution in [1.82, 2.24) is 15.3 Å². The van der Waals surface area contributed by atoms with Crippen molar-refractivity contribution in [3.63, 3.8) is 0 Å². The SMILES string of the molecule is CCCNC(=O)C1COCCN1c1cc(Br)nc(C)n1. The van der Waals surface area contributed by atoms with Crippen LogP contribution in [-0.2, 0) is 9.53 Å². The number of halogens is 1. The number of aryl methyl sites for hydroxylation is 1. The summed E-state index contributed by atoms with van der Waals surface area (Å²) in [6.07, 6.45) is 0.914. The van der Waals surface area contributed by atoms with Crippen molar-refractivity contribution in [2.45, 2.75) is 26.3 Å². The summed E-state index contributed by atoms with van der Waals surface area (Å²) in [6.45, 7) is 6.17. The highest BCUT2D eigenvalue weighted by atomic mass is 79.9. The van der Waals surface area contributed by atoms with Crippen molar-refractivity contribution in [3.05, 3.63) is 16.5 Å². The number of amides is 1. The minimum atomic E-state index is -0.337. The van der Waals surface area contributed by atoms with Gasteiger partial charge in [-0.25, -0.2) is 9.97 Å². The molecular formula is C13H19BrN4O2. The van der Waals surface area contributed by atoms with E-state index < -0.39 is 0 Å². The predicted octanol–water partition coefficient (Wildman–Crippen LogP) is 1.28. The van der Waals surface area contributed by atoms with Crippen LogP contribution in [0.5, 0.6) is 0 Å². The van der Waals surface area contributed by atoms with E-state index in [0.717, 1.165) is 16.8 Å². The molecule has 0 spiro atoms. The Labute approximate surface area is 127 Å². The molecular weight excluding hydrogens is 324 g/mol. The molecule has 110 valence electrons. The first-order valence-electron chi connectivity index (χ1n) is 6.75. The zero-order valence-corrected chi connectivity index (χ0v) is 13.3. The molecule has 2 heterocycles. The summed E-state index contributed by atoms with van der Waals surface area (Å²) in [4.78, 5) is 22.8. The fraction of sp³-hybridized carbons (Fsp3) is 0.615. The maximum atomic E-state index is 12.2. The number of hydrogen-bond acceptors (Lipinski definition) is 5. The molecule has 7 heteroatoms. The van der Waals surface area contributed by atoms with Gasteiger partial charge in [-0.05, 0) is 29.3 Å². The van der Waals surface area contributed by atoms with Gasteiger partial charge in [0.05, 0.1) is 13.2 Å². The molecule has 1 fully saturated rings. The minimum Gasteiger partial charge on any atom is -0.377 e. The molecule has 2 rings (SSSR count). The van der Waals surface area contributed by atoms with Crippen molar-refractivity contribution in [1.29, 1.82) is 0 Å². The number of carbonyl (C=O) groups excluding carboxylic acids is 1. The molecule has 1 N–H and O–H groups in total. The molecule has 6 nitrogen and oxygen atoms in total. The average molecular weight is 343 g/mol. The van der Waals surface area contributed by atoms with Crippen molar-refractivity contribution in [2.75, 3.05) is 31.2 Å². The number of hydrogen-bond donors (Lipinski definition) is 1. The topological polar surface area (TPSA) is 67.3 Å². The van der Waals surface area contributed by atoms with E-state index in [-0.39, 0.29) is 11.9 Å². The zero-order valence-electron chi connectivity index (χ0n) is 11.7. The van der Waals surface area contributed by atoms with Crippen LogP contribution in [-0.4, -0.2) is 48.2 Å². The maximum Gasteiger partial charge on any atom is 0.245 e. The highest BCUT2D eigenvalue weighted by Crippen LogP contribution is 2.20. The zero-order chi connectivity index (χ0) is 14.5. The predicted molar refractivity (Wildman–Crippen MR) is 79.7 cm³/mol.